The van der Waals surface area contributed by atoms with Crippen LogP contribution in [0.15, 0.2) is 42.1 Å². The minimum absolute atomic E-state index is 0.103. The number of H-pyrrole nitrogens is 1. The monoisotopic (exact) mass is 843 g/mol. The fourth-order valence-corrected chi connectivity index (χ4v) is 13.3. The fraction of sp³-hybridized carbons (Fsp3) is 0.745. The second kappa shape index (κ2) is 20.5. The smallest absolute Gasteiger partial charge is 0.328 e. The van der Waals surface area contributed by atoms with Crippen molar-refractivity contribution < 1.29 is 19.1 Å². The lowest BCUT2D eigenvalue weighted by Crippen LogP contribution is -2.56. The topological polar surface area (TPSA) is 178 Å². The van der Waals surface area contributed by atoms with E-state index in [1.54, 1.807) is 0 Å². The number of aromatic amines is 1. The summed E-state index contributed by atoms with van der Waals surface area (Å²) in [4.78, 5) is 45.1. The molecular weight excluding hydrogens is 761 g/mol. The summed E-state index contributed by atoms with van der Waals surface area (Å²) in [6.07, 6.45) is 21.2. The number of unbranched alkanes of at least 4 members (excludes halogenated alkanes) is 2. The van der Waals surface area contributed by atoms with E-state index in [0.717, 1.165) is 85.1 Å². The van der Waals surface area contributed by atoms with Gasteiger partial charge in [-0.15, -0.1) is 0 Å². The van der Waals surface area contributed by atoms with Gasteiger partial charge in [0, 0.05) is 29.9 Å². The van der Waals surface area contributed by atoms with Crippen molar-refractivity contribution in [2.45, 2.75) is 181 Å². The third-order valence-corrected chi connectivity index (χ3v) is 16.7. The first-order valence-electron chi connectivity index (χ1n) is 24.4. The zero-order chi connectivity index (χ0) is 44.0. The first kappa shape index (κ1) is 47.3. The van der Waals surface area contributed by atoms with Crippen LogP contribution in [-0.4, -0.2) is 60.1 Å². The van der Waals surface area contributed by atoms with Crippen molar-refractivity contribution in [2.24, 2.45) is 63.0 Å². The minimum atomic E-state index is -0.949. The Kier molecular flexibility index (Phi) is 15.9. The second-order valence-corrected chi connectivity index (χ2v) is 21.2. The van der Waals surface area contributed by atoms with Crippen LogP contribution in [0.1, 0.15) is 156 Å². The minimum Gasteiger partial charge on any atom is -0.461 e. The van der Waals surface area contributed by atoms with Gasteiger partial charge in [0.15, 0.2) is 0 Å². The molecule has 1 heterocycles. The van der Waals surface area contributed by atoms with Gasteiger partial charge in [0.05, 0.1) is 6.04 Å². The number of carbonyl (C=O) groups is 3. The van der Waals surface area contributed by atoms with Crippen LogP contribution in [0.5, 0.6) is 0 Å². The van der Waals surface area contributed by atoms with E-state index in [1.807, 2.05) is 30.5 Å². The fourth-order valence-electron chi connectivity index (χ4n) is 13.3. The average Bonchev–Trinajstić information content (AvgIpc) is 3.81. The third-order valence-electron chi connectivity index (χ3n) is 16.7. The van der Waals surface area contributed by atoms with Gasteiger partial charge in [-0.1, -0.05) is 97.1 Å². The predicted molar refractivity (Wildman–Crippen MR) is 247 cm³/mol. The van der Waals surface area contributed by atoms with Crippen molar-refractivity contribution in [3.8, 4) is 0 Å². The standard InChI is InChI=1S/C51H82N6O4/c1-33(2)14-13-15-34(3)39-20-21-44-50(39,5)27-24-45-49(4)26-23-37(31-36(49)22-25-51(44,45)6)61-48(60)42(19-10-12-29-53)56-47(59)43(57-46(58)40(54)17-9-11-28-52)30-35-32-55-41-18-8-7-16-38(35)41/h7-8,16,18,22,32-34,37,39-40,42-45,55H,9-15,17,19-21,23-31,52-54H2,1-6H3,(H,56,59)(H,57,58)/t34-,37?,39-,40?,42?,43?,44-,45-,49+,50-,51+/m1/s1. The number of nitrogens with two attached hydrogens (primary N) is 3. The molecule has 61 heavy (non-hydrogen) atoms. The van der Waals surface area contributed by atoms with E-state index in [4.69, 9.17) is 21.9 Å². The molecule has 0 aliphatic heterocycles. The highest BCUT2D eigenvalue weighted by atomic mass is 16.5. The molecule has 0 radical (unpaired) electrons. The quantitative estimate of drug-likeness (QED) is 0.0414. The molecule has 1 aromatic carbocycles. The van der Waals surface area contributed by atoms with Gasteiger partial charge in [0.1, 0.15) is 18.2 Å². The molecule has 3 saturated carbocycles. The van der Waals surface area contributed by atoms with E-state index in [1.165, 1.54) is 50.5 Å². The van der Waals surface area contributed by atoms with E-state index in [9.17, 15) is 14.4 Å². The number of para-hydroxylation sites is 1. The molecule has 2 aromatic rings. The summed E-state index contributed by atoms with van der Waals surface area (Å²) in [6, 6.07) is 5.28. The van der Waals surface area contributed by atoms with Gasteiger partial charge in [-0.2, -0.15) is 0 Å². The summed E-state index contributed by atoms with van der Waals surface area (Å²) >= 11 is 0. The highest BCUT2D eigenvalue weighted by Gasteiger charge is 2.64. The Morgan fingerprint density at radius 1 is 0.803 bits per heavy atom. The number of fused-ring (bicyclic) bond motifs is 6. The molecule has 4 aliphatic rings. The van der Waals surface area contributed by atoms with Crippen molar-refractivity contribution in [3.63, 3.8) is 0 Å². The van der Waals surface area contributed by atoms with Crippen LogP contribution in [0.4, 0.5) is 0 Å². The van der Waals surface area contributed by atoms with E-state index in [2.05, 4.69) is 63.2 Å². The lowest BCUT2D eigenvalue weighted by Gasteiger charge is -2.63. The maximum absolute atomic E-state index is 14.3. The van der Waals surface area contributed by atoms with Crippen LogP contribution in [0.3, 0.4) is 0 Å². The summed E-state index contributed by atoms with van der Waals surface area (Å²) in [5.41, 5.74) is 21.9. The van der Waals surface area contributed by atoms with Gasteiger partial charge in [0.25, 0.3) is 0 Å². The van der Waals surface area contributed by atoms with E-state index < -0.39 is 35.9 Å². The number of nitrogens with one attached hydrogen (secondary N) is 3. The van der Waals surface area contributed by atoms with Gasteiger partial charge in [-0.3, -0.25) is 9.59 Å². The lowest BCUT2D eigenvalue weighted by atomic mass is 9.41. The van der Waals surface area contributed by atoms with E-state index >= 15 is 0 Å². The molecule has 2 amide bonds. The maximum atomic E-state index is 14.3. The summed E-state index contributed by atoms with van der Waals surface area (Å²) in [5.74, 6) is 2.51. The highest BCUT2D eigenvalue weighted by molar-refractivity contribution is 5.93. The molecule has 0 spiro atoms. The Morgan fingerprint density at radius 2 is 1.52 bits per heavy atom. The van der Waals surface area contributed by atoms with E-state index in [-0.39, 0.29) is 23.4 Å². The third kappa shape index (κ3) is 10.4. The van der Waals surface area contributed by atoms with Crippen molar-refractivity contribution in [2.75, 3.05) is 13.1 Å². The number of hydrogen-bond acceptors (Lipinski definition) is 7. The number of amides is 2. The molecule has 4 unspecified atom stereocenters. The maximum Gasteiger partial charge on any atom is 0.328 e. The van der Waals surface area contributed by atoms with Gasteiger partial charge >= 0.3 is 5.97 Å². The Hall–Kier alpha value is -3.21. The molecule has 10 heteroatoms. The second-order valence-electron chi connectivity index (χ2n) is 21.2. The molecule has 9 N–H and O–H groups in total. The molecule has 340 valence electrons. The van der Waals surface area contributed by atoms with Crippen LogP contribution in [0.2, 0.25) is 0 Å². The molecule has 4 aliphatic carbocycles. The summed E-state index contributed by atoms with van der Waals surface area (Å²) in [7, 11) is 0. The largest absolute Gasteiger partial charge is 0.461 e. The first-order chi connectivity index (χ1) is 29.1. The van der Waals surface area contributed by atoms with Crippen molar-refractivity contribution in [3.05, 3.63) is 47.7 Å². The number of aromatic nitrogens is 1. The van der Waals surface area contributed by atoms with Gasteiger partial charge < -0.3 is 37.6 Å². The number of rotatable bonds is 21. The van der Waals surface area contributed by atoms with Crippen molar-refractivity contribution in [1.29, 1.82) is 0 Å². The molecule has 6 rings (SSSR count). The summed E-state index contributed by atoms with van der Waals surface area (Å²) in [5, 5.41) is 6.94. The van der Waals surface area contributed by atoms with Crippen LogP contribution >= 0.6 is 0 Å². The zero-order valence-corrected chi connectivity index (χ0v) is 38.7. The van der Waals surface area contributed by atoms with Crippen LogP contribution in [0, 0.1) is 45.8 Å². The Labute approximate surface area is 367 Å². The summed E-state index contributed by atoms with van der Waals surface area (Å²) < 4.78 is 6.38. The van der Waals surface area contributed by atoms with Crippen molar-refractivity contribution in [1.82, 2.24) is 15.6 Å². The number of ether oxygens (including phenoxy) is 1. The molecule has 0 saturated heterocycles. The van der Waals surface area contributed by atoms with Crippen LogP contribution < -0.4 is 27.8 Å². The van der Waals surface area contributed by atoms with Gasteiger partial charge in [0.2, 0.25) is 11.8 Å². The number of allylic oxidation sites excluding steroid dienone is 1. The molecular formula is C51H82N6O4. The molecule has 3 fully saturated rings. The van der Waals surface area contributed by atoms with Gasteiger partial charge in [-0.25, -0.2) is 4.79 Å². The number of hydrogen-bond donors (Lipinski definition) is 6. The predicted octanol–water partition coefficient (Wildman–Crippen LogP) is 8.61. The molecule has 0 bridgehead atoms. The zero-order valence-electron chi connectivity index (χ0n) is 38.7. The number of benzene rings is 1. The molecule has 11 atom stereocenters. The van der Waals surface area contributed by atoms with E-state index in [0.29, 0.717) is 43.7 Å². The molecule has 1 aromatic heterocycles. The lowest BCUT2D eigenvalue weighted by molar-refractivity contribution is -0.157. The Balaban J connectivity index is 1.13. The van der Waals surface area contributed by atoms with Crippen LogP contribution in [0.25, 0.3) is 10.9 Å². The Morgan fingerprint density at radius 3 is 2.26 bits per heavy atom. The SMILES string of the molecule is CC(C)CCC[C@@H](C)[C@H]1CC[C@@H]2[C@]1(C)CC[C@H]1[C@@]2(C)CC=C2CC(OC(=O)C(CCCCN)NC(=O)C(Cc3c[nH]c4ccccc34)NC(=O)C(N)CCCCN)CC[C@@]21C. The number of esters is 1. The number of carbonyl (C=O) groups excluding carboxylic acids is 3. The van der Waals surface area contributed by atoms with Gasteiger partial charge in [-0.05, 0) is 148 Å². The Bertz CT molecular complexity index is 1820. The normalized spacial score (nSPS) is 30.4. The average molecular weight is 843 g/mol. The van der Waals surface area contributed by atoms with Crippen molar-refractivity contribution >= 4 is 28.7 Å². The van der Waals surface area contributed by atoms with Crippen LogP contribution in [-0.2, 0) is 25.5 Å². The highest BCUT2D eigenvalue weighted by Crippen LogP contribution is 2.72. The summed E-state index contributed by atoms with van der Waals surface area (Å²) in [6.45, 7) is 16.1. The first-order valence-corrected chi connectivity index (χ1v) is 24.4. The molecule has 10 nitrogen and oxygen atoms in total.